The Bertz CT molecular complexity index is 360. The third kappa shape index (κ3) is 3.85. The molecule has 0 aromatic carbocycles. The van der Waals surface area contributed by atoms with Crippen molar-refractivity contribution in [3.05, 3.63) is 18.2 Å². The van der Waals surface area contributed by atoms with Crippen molar-refractivity contribution in [2.45, 2.75) is 45.8 Å². The highest BCUT2D eigenvalue weighted by molar-refractivity contribution is 5.69. The first-order valence-electron chi connectivity index (χ1n) is 5.91. The molecule has 17 heavy (non-hydrogen) atoms. The number of carbonyl (C=O) groups excluding carboxylic acids is 1. The normalized spacial score (nSPS) is 12.8. The first-order valence-corrected chi connectivity index (χ1v) is 5.91. The monoisotopic (exact) mass is 240 g/mol. The van der Waals surface area contributed by atoms with Crippen LogP contribution in [0.4, 0.5) is 0 Å². The fourth-order valence-corrected chi connectivity index (χ4v) is 1.64. The van der Waals surface area contributed by atoms with E-state index in [-0.39, 0.29) is 18.4 Å². The molecule has 1 atom stereocenters. The number of nitrogens with zero attached hydrogens (tertiary/aromatic N) is 2. The predicted molar refractivity (Wildman–Crippen MR) is 63.4 cm³/mol. The minimum Gasteiger partial charge on any atom is -0.466 e. The molecular formula is C12H20N2O3. The number of esters is 1. The van der Waals surface area contributed by atoms with E-state index in [1.807, 2.05) is 18.4 Å². The van der Waals surface area contributed by atoms with Gasteiger partial charge >= 0.3 is 5.97 Å². The largest absolute Gasteiger partial charge is 0.466 e. The summed E-state index contributed by atoms with van der Waals surface area (Å²) in [6.07, 6.45) is 3.23. The first kappa shape index (κ1) is 13.7. The number of ether oxygens (including phenoxy) is 1. The van der Waals surface area contributed by atoms with Crippen LogP contribution < -0.4 is 0 Å². The average molecular weight is 240 g/mol. The van der Waals surface area contributed by atoms with Gasteiger partial charge in [-0.3, -0.25) is 4.79 Å². The average Bonchev–Trinajstić information content (AvgIpc) is 2.75. The van der Waals surface area contributed by atoms with Gasteiger partial charge in [0.2, 0.25) is 0 Å². The van der Waals surface area contributed by atoms with Crippen LogP contribution in [0.25, 0.3) is 0 Å². The first-order chi connectivity index (χ1) is 8.06. The number of rotatable bonds is 6. The minimum absolute atomic E-state index is 0.221. The molecule has 5 nitrogen and oxygen atoms in total. The number of aromatic nitrogens is 2. The molecule has 5 heteroatoms. The molecule has 0 spiro atoms. The fourth-order valence-electron chi connectivity index (χ4n) is 1.64. The molecule has 0 radical (unpaired) electrons. The maximum Gasteiger partial charge on any atom is 0.305 e. The van der Waals surface area contributed by atoms with Gasteiger partial charge in [-0.05, 0) is 27.2 Å². The van der Waals surface area contributed by atoms with E-state index in [9.17, 15) is 9.90 Å². The van der Waals surface area contributed by atoms with Crippen molar-refractivity contribution in [2.75, 3.05) is 6.61 Å². The van der Waals surface area contributed by atoms with Crippen LogP contribution in [-0.2, 0) is 9.53 Å². The van der Waals surface area contributed by atoms with Crippen LogP contribution in [-0.4, -0.2) is 27.2 Å². The van der Waals surface area contributed by atoms with Crippen LogP contribution in [0, 0.1) is 0 Å². The van der Waals surface area contributed by atoms with Crippen molar-refractivity contribution in [1.29, 1.82) is 0 Å². The maximum atomic E-state index is 11.2. The smallest absolute Gasteiger partial charge is 0.305 e. The van der Waals surface area contributed by atoms with Crippen molar-refractivity contribution >= 4 is 5.97 Å². The van der Waals surface area contributed by atoms with Gasteiger partial charge in [0.25, 0.3) is 0 Å². The lowest BCUT2D eigenvalue weighted by Gasteiger charge is -2.16. The van der Waals surface area contributed by atoms with Gasteiger partial charge in [0.05, 0.1) is 30.9 Å². The fraction of sp³-hybridized carbons (Fsp3) is 0.667. The lowest BCUT2D eigenvalue weighted by atomic mass is 10.1. The van der Waals surface area contributed by atoms with E-state index in [1.54, 1.807) is 19.4 Å². The van der Waals surface area contributed by atoms with Gasteiger partial charge in [-0.2, -0.15) is 0 Å². The van der Waals surface area contributed by atoms with Crippen molar-refractivity contribution in [2.24, 2.45) is 0 Å². The summed E-state index contributed by atoms with van der Waals surface area (Å²) >= 11 is 0. The Labute approximate surface area is 101 Å². The summed E-state index contributed by atoms with van der Waals surface area (Å²) in [7, 11) is 0. The van der Waals surface area contributed by atoms with Gasteiger partial charge in [-0.1, -0.05) is 0 Å². The third-order valence-corrected chi connectivity index (χ3v) is 2.52. The Balaban J connectivity index is 2.55. The zero-order valence-electron chi connectivity index (χ0n) is 10.6. The summed E-state index contributed by atoms with van der Waals surface area (Å²) in [5, 5.41) is 9.99. The predicted octanol–water partition coefficient (Wildman–Crippen LogP) is 1.84. The molecule has 0 saturated carbocycles. The molecule has 1 aromatic heterocycles. The number of imidazole rings is 1. The summed E-state index contributed by atoms with van der Waals surface area (Å²) in [5.74, 6) is -0.276. The second-order valence-corrected chi connectivity index (χ2v) is 4.18. The molecule has 0 aliphatic rings. The molecule has 1 rings (SSSR count). The van der Waals surface area contributed by atoms with E-state index in [0.29, 0.717) is 13.0 Å². The van der Waals surface area contributed by atoms with Crippen molar-refractivity contribution in [3.63, 3.8) is 0 Å². The highest BCUT2D eigenvalue weighted by Crippen LogP contribution is 2.21. The Morgan fingerprint density at radius 3 is 2.88 bits per heavy atom. The van der Waals surface area contributed by atoms with Gasteiger partial charge in [-0.15, -0.1) is 0 Å². The van der Waals surface area contributed by atoms with Gasteiger partial charge < -0.3 is 14.4 Å². The minimum atomic E-state index is -0.677. The van der Waals surface area contributed by atoms with E-state index >= 15 is 0 Å². The Hall–Kier alpha value is -1.36. The summed E-state index contributed by atoms with van der Waals surface area (Å²) in [6.45, 7) is 6.17. The molecule has 0 saturated heterocycles. The maximum absolute atomic E-state index is 11.2. The Kier molecular flexibility index (Phi) is 5.15. The van der Waals surface area contributed by atoms with E-state index in [1.165, 1.54) is 0 Å². The van der Waals surface area contributed by atoms with Gasteiger partial charge in [-0.25, -0.2) is 4.98 Å². The summed E-state index contributed by atoms with van der Waals surface area (Å²) < 4.78 is 6.71. The van der Waals surface area contributed by atoms with Crippen molar-refractivity contribution in [3.8, 4) is 0 Å². The molecule has 0 aliphatic carbocycles. The molecule has 1 aromatic rings. The molecule has 0 fully saturated rings. The Morgan fingerprint density at radius 2 is 2.29 bits per heavy atom. The molecule has 1 N–H and O–H groups in total. The molecule has 0 bridgehead atoms. The third-order valence-electron chi connectivity index (χ3n) is 2.52. The molecular weight excluding hydrogens is 220 g/mol. The van der Waals surface area contributed by atoms with Crippen LogP contribution in [0.3, 0.4) is 0 Å². The van der Waals surface area contributed by atoms with Crippen LogP contribution in [0.1, 0.15) is 51.5 Å². The van der Waals surface area contributed by atoms with Gasteiger partial charge in [0.15, 0.2) is 0 Å². The zero-order chi connectivity index (χ0) is 12.8. The van der Waals surface area contributed by atoms with E-state index in [2.05, 4.69) is 4.98 Å². The molecule has 0 amide bonds. The molecule has 1 unspecified atom stereocenters. The van der Waals surface area contributed by atoms with Crippen LogP contribution >= 0.6 is 0 Å². The second kappa shape index (κ2) is 6.39. The standard InChI is InChI=1S/C12H20N2O3/c1-4-17-12(16)6-5-11(15)10-7-13-8-14(10)9(2)3/h7-9,11,15H,4-6H2,1-3H3. The van der Waals surface area contributed by atoms with Crippen molar-refractivity contribution in [1.82, 2.24) is 9.55 Å². The molecule has 1 heterocycles. The number of aliphatic hydroxyl groups excluding tert-OH is 1. The second-order valence-electron chi connectivity index (χ2n) is 4.18. The zero-order valence-corrected chi connectivity index (χ0v) is 10.6. The Morgan fingerprint density at radius 1 is 1.59 bits per heavy atom. The van der Waals surface area contributed by atoms with E-state index in [0.717, 1.165) is 5.69 Å². The van der Waals surface area contributed by atoms with Crippen LogP contribution in [0.15, 0.2) is 12.5 Å². The number of carbonyl (C=O) groups is 1. The summed E-state index contributed by atoms with van der Waals surface area (Å²) in [4.78, 5) is 15.2. The van der Waals surface area contributed by atoms with Gasteiger partial charge in [0, 0.05) is 12.5 Å². The van der Waals surface area contributed by atoms with E-state index in [4.69, 9.17) is 4.74 Å². The lowest BCUT2D eigenvalue weighted by molar-refractivity contribution is -0.143. The molecule has 96 valence electrons. The van der Waals surface area contributed by atoms with Gasteiger partial charge in [0.1, 0.15) is 0 Å². The summed E-state index contributed by atoms with van der Waals surface area (Å²) in [5.41, 5.74) is 0.740. The summed E-state index contributed by atoms with van der Waals surface area (Å²) in [6, 6.07) is 0.241. The topological polar surface area (TPSA) is 64.3 Å². The van der Waals surface area contributed by atoms with Crippen molar-refractivity contribution < 1.29 is 14.6 Å². The SMILES string of the molecule is CCOC(=O)CCC(O)c1cncn1C(C)C. The highest BCUT2D eigenvalue weighted by atomic mass is 16.5. The van der Waals surface area contributed by atoms with Crippen LogP contribution in [0.2, 0.25) is 0 Å². The van der Waals surface area contributed by atoms with Crippen LogP contribution in [0.5, 0.6) is 0 Å². The highest BCUT2D eigenvalue weighted by Gasteiger charge is 2.16. The van der Waals surface area contributed by atoms with E-state index < -0.39 is 6.10 Å². The number of hydrogen-bond donors (Lipinski definition) is 1. The number of hydrogen-bond acceptors (Lipinski definition) is 4. The quantitative estimate of drug-likeness (QED) is 0.771. The molecule has 0 aliphatic heterocycles. The lowest BCUT2D eigenvalue weighted by Crippen LogP contribution is -2.11. The number of aliphatic hydroxyl groups is 1.